The molecule has 10 heavy (non-hydrogen) atoms. The Labute approximate surface area is 61.9 Å². The molecule has 0 aromatic rings. The normalized spacial score (nSPS) is 12.0. The highest BCUT2D eigenvalue weighted by atomic mass is 16.5. The van der Waals surface area contributed by atoms with Crippen molar-refractivity contribution in [3.8, 4) is 0 Å². The lowest BCUT2D eigenvalue weighted by Crippen LogP contribution is -2.10. The van der Waals surface area contributed by atoms with Crippen LogP contribution in [0.25, 0.3) is 0 Å². The fourth-order valence-electron chi connectivity index (χ4n) is 0.754. The minimum absolute atomic E-state index is 0.116. The molecule has 0 aromatic heterocycles. The lowest BCUT2D eigenvalue weighted by Gasteiger charge is -2.02. The number of methoxy groups -OCH3 is 1. The Hall–Kier alpha value is -0.790. The number of esters is 1. The fraction of sp³-hybridized carbons (Fsp3) is 0.625. The van der Waals surface area contributed by atoms with Gasteiger partial charge in [-0.2, -0.15) is 0 Å². The van der Waals surface area contributed by atoms with Crippen molar-refractivity contribution in [3.63, 3.8) is 0 Å². The Kier molecular flexibility index (Phi) is 3.77. The number of carbonyl (C=O) groups is 1. The summed E-state index contributed by atoms with van der Waals surface area (Å²) in [7, 11) is 1.40. The van der Waals surface area contributed by atoms with Crippen LogP contribution in [-0.2, 0) is 9.53 Å². The van der Waals surface area contributed by atoms with Crippen LogP contribution in [0.3, 0.4) is 0 Å². The second-order valence-corrected chi connectivity index (χ2v) is 2.56. The van der Waals surface area contributed by atoms with Gasteiger partial charge in [0.1, 0.15) is 0 Å². The number of ether oxygens (including phenoxy) is 1. The Morgan fingerprint density at radius 3 is 2.30 bits per heavy atom. The first kappa shape index (κ1) is 9.21. The largest absolute Gasteiger partial charge is 0.469 e. The molecule has 0 saturated carbocycles. The monoisotopic (exact) mass is 142 g/mol. The maximum Gasteiger partial charge on any atom is 0.312 e. The first-order valence-corrected chi connectivity index (χ1v) is 3.30. The Morgan fingerprint density at radius 1 is 1.50 bits per heavy atom. The highest BCUT2D eigenvalue weighted by molar-refractivity contribution is 5.73. The van der Waals surface area contributed by atoms with Crippen molar-refractivity contribution in [1.29, 1.82) is 0 Å². The molecule has 0 amide bonds. The van der Waals surface area contributed by atoms with Crippen molar-refractivity contribution in [2.45, 2.75) is 20.8 Å². The molecule has 0 spiro atoms. The van der Waals surface area contributed by atoms with Crippen LogP contribution >= 0.6 is 0 Å². The van der Waals surface area contributed by atoms with E-state index in [4.69, 9.17) is 0 Å². The van der Waals surface area contributed by atoms with Crippen LogP contribution in [0.4, 0.5) is 0 Å². The maximum absolute atomic E-state index is 10.8. The predicted octanol–water partition coefficient (Wildman–Crippen LogP) is 1.76. The minimum atomic E-state index is -0.179. The zero-order valence-electron chi connectivity index (χ0n) is 6.97. The summed E-state index contributed by atoms with van der Waals surface area (Å²) in [6, 6.07) is 0. The van der Waals surface area contributed by atoms with Crippen molar-refractivity contribution >= 4 is 5.97 Å². The lowest BCUT2D eigenvalue weighted by molar-refractivity contribution is -0.143. The van der Waals surface area contributed by atoms with E-state index in [9.17, 15) is 4.79 Å². The molecule has 0 bridgehead atoms. The molecule has 1 unspecified atom stereocenters. The van der Waals surface area contributed by atoms with Crippen molar-refractivity contribution in [2.75, 3.05) is 7.11 Å². The van der Waals surface area contributed by atoms with E-state index in [2.05, 4.69) is 4.74 Å². The molecule has 0 heterocycles. The molecule has 2 heteroatoms. The standard InChI is InChI=1S/C8H14O2/c1-6(2)5-7(3)8(9)10-4/h5,7H,1-4H3. The Bertz CT molecular complexity index is 143. The lowest BCUT2D eigenvalue weighted by atomic mass is 10.1. The molecule has 2 nitrogen and oxygen atoms in total. The molecule has 0 radical (unpaired) electrons. The average molecular weight is 142 g/mol. The molecular formula is C8H14O2. The molecule has 0 aliphatic rings. The first-order valence-electron chi connectivity index (χ1n) is 3.30. The quantitative estimate of drug-likeness (QED) is 0.434. The molecule has 0 N–H and O–H groups in total. The number of hydrogen-bond acceptors (Lipinski definition) is 2. The van der Waals surface area contributed by atoms with Crippen molar-refractivity contribution in [2.24, 2.45) is 5.92 Å². The number of allylic oxidation sites excluding steroid dienone is 1. The average Bonchev–Trinajstić information content (AvgIpc) is 1.85. The van der Waals surface area contributed by atoms with Gasteiger partial charge in [-0.25, -0.2) is 0 Å². The van der Waals surface area contributed by atoms with Gasteiger partial charge in [-0.05, 0) is 20.8 Å². The summed E-state index contributed by atoms with van der Waals surface area (Å²) in [6.45, 7) is 5.73. The third-order valence-corrected chi connectivity index (χ3v) is 1.16. The van der Waals surface area contributed by atoms with E-state index >= 15 is 0 Å². The van der Waals surface area contributed by atoms with Crippen molar-refractivity contribution < 1.29 is 9.53 Å². The summed E-state index contributed by atoms with van der Waals surface area (Å²) >= 11 is 0. The molecular weight excluding hydrogens is 128 g/mol. The van der Waals surface area contributed by atoms with E-state index in [0.717, 1.165) is 5.57 Å². The maximum atomic E-state index is 10.8. The van der Waals surface area contributed by atoms with Crippen molar-refractivity contribution in [3.05, 3.63) is 11.6 Å². The van der Waals surface area contributed by atoms with E-state index in [1.165, 1.54) is 7.11 Å². The van der Waals surface area contributed by atoms with Crippen LogP contribution in [0.1, 0.15) is 20.8 Å². The highest BCUT2D eigenvalue weighted by Crippen LogP contribution is 2.03. The van der Waals surface area contributed by atoms with Gasteiger partial charge in [-0.1, -0.05) is 11.6 Å². The predicted molar refractivity (Wildman–Crippen MR) is 40.6 cm³/mol. The van der Waals surface area contributed by atoms with E-state index < -0.39 is 0 Å². The fourth-order valence-corrected chi connectivity index (χ4v) is 0.754. The second kappa shape index (κ2) is 4.09. The SMILES string of the molecule is COC(=O)C(C)C=C(C)C. The smallest absolute Gasteiger partial charge is 0.312 e. The molecule has 1 atom stereocenters. The number of rotatable bonds is 2. The summed E-state index contributed by atoms with van der Waals surface area (Å²) in [5.74, 6) is -0.295. The van der Waals surface area contributed by atoms with Gasteiger partial charge < -0.3 is 4.74 Å². The van der Waals surface area contributed by atoms with E-state index in [-0.39, 0.29) is 11.9 Å². The molecule has 0 saturated heterocycles. The number of carbonyl (C=O) groups excluding carboxylic acids is 1. The number of hydrogen-bond donors (Lipinski definition) is 0. The topological polar surface area (TPSA) is 26.3 Å². The van der Waals surface area contributed by atoms with Gasteiger partial charge in [0, 0.05) is 0 Å². The van der Waals surface area contributed by atoms with Gasteiger partial charge in [0.2, 0.25) is 0 Å². The first-order chi connectivity index (χ1) is 4.57. The van der Waals surface area contributed by atoms with Gasteiger partial charge in [0.05, 0.1) is 13.0 Å². The second-order valence-electron chi connectivity index (χ2n) is 2.56. The minimum Gasteiger partial charge on any atom is -0.469 e. The summed E-state index contributed by atoms with van der Waals surface area (Å²) < 4.78 is 4.53. The van der Waals surface area contributed by atoms with Gasteiger partial charge in [-0.3, -0.25) is 4.79 Å². The van der Waals surface area contributed by atoms with E-state index in [1.54, 1.807) is 0 Å². The Morgan fingerprint density at radius 2 is 2.00 bits per heavy atom. The van der Waals surface area contributed by atoms with Gasteiger partial charge in [0.25, 0.3) is 0 Å². The van der Waals surface area contributed by atoms with E-state index in [1.807, 2.05) is 26.8 Å². The summed E-state index contributed by atoms with van der Waals surface area (Å²) in [6.07, 6.45) is 1.88. The summed E-state index contributed by atoms with van der Waals surface area (Å²) in [4.78, 5) is 10.8. The summed E-state index contributed by atoms with van der Waals surface area (Å²) in [5.41, 5.74) is 1.14. The Balaban J connectivity index is 3.96. The van der Waals surface area contributed by atoms with Crippen LogP contribution in [0.15, 0.2) is 11.6 Å². The van der Waals surface area contributed by atoms with Gasteiger partial charge in [-0.15, -0.1) is 0 Å². The van der Waals surface area contributed by atoms with Crippen molar-refractivity contribution in [1.82, 2.24) is 0 Å². The van der Waals surface area contributed by atoms with Crippen LogP contribution in [0.5, 0.6) is 0 Å². The van der Waals surface area contributed by atoms with Gasteiger partial charge >= 0.3 is 5.97 Å². The zero-order valence-corrected chi connectivity index (χ0v) is 6.97. The highest BCUT2D eigenvalue weighted by Gasteiger charge is 2.08. The molecule has 58 valence electrons. The molecule has 0 rings (SSSR count). The van der Waals surface area contributed by atoms with E-state index in [0.29, 0.717) is 0 Å². The molecule has 0 fully saturated rings. The zero-order chi connectivity index (χ0) is 8.15. The molecule has 0 aromatic carbocycles. The van der Waals surface area contributed by atoms with Crippen LogP contribution in [0, 0.1) is 5.92 Å². The van der Waals surface area contributed by atoms with Gasteiger partial charge in [0.15, 0.2) is 0 Å². The molecule has 0 aliphatic heterocycles. The third kappa shape index (κ3) is 3.28. The third-order valence-electron chi connectivity index (χ3n) is 1.16. The molecule has 0 aliphatic carbocycles. The summed E-state index contributed by atoms with van der Waals surface area (Å²) in [5, 5.41) is 0. The van der Waals surface area contributed by atoms with Crippen LogP contribution in [0.2, 0.25) is 0 Å². The van der Waals surface area contributed by atoms with Crippen LogP contribution in [-0.4, -0.2) is 13.1 Å². The van der Waals surface area contributed by atoms with Crippen LogP contribution < -0.4 is 0 Å².